The number of nitrogens with zero attached hydrogens (tertiary/aromatic N) is 2. The van der Waals surface area contributed by atoms with E-state index in [2.05, 4.69) is 27.7 Å². The summed E-state index contributed by atoms with van der Waals surface area (Å²) in [4.78, 5) is 0. The van der Waals surface area contributed by atoms with Crippen LogP contribution in [-0.4, -0.2) is 15.6 Å². The molecule has 0 radical (unpaired) electrons. The molecule has 0 fully saturated rings. The van der Waals surface area contributed by atoms with Crippen LogP contribution in [0.25, 0.3) is 5.69 Å². The minimum absolute atomic E-state index is 0.00262. The third kappa shape index (κ3) is 2.19. The van der Waals surface area contributed by atoms with Crippen LogP contribution >= 0.6 is 34.2 Å². The van der Waals surface area contributed by atoms with Crippen LogP contribution in [0.3, 0.4) is 0 Å². The Balaban J connectivity index is 2.62. The van der Waals surface area contributed by atoms with Gasteiger partial charge in [0, 0.05) is 16.8 Å². The van der Waals surface area contributed by atoms with Crippen molar-refractivity contribution in [2.75, 3.05) is 0 Å². The van der Waals surface area contributed by atoms with Gasteiger partial charge < -0.3 is 5.73 Å². The molecule has 2 rings (SSSR count). The van der Waals surface area contributed by atoms with Crippen molar-refractivity contribution in [1.29, 1.82) is 5.41 Å². The lowest BCUT2D eigenvalue weighted by Gasteiger charge is -2.08. The Hall–Kier alpha value is -1.08. The van der Waals surface area contributed by atoms with Crippen molar-refractivity contribution in [3.8, 4) is 5.69 Å². The zero-order chi connectivity index (χ0) is 11.7. The number of rotatable bonds is 2. The summed E-state index contributed by atoms with van der Waals surface area (Å²) in [5, 5.41) is 12.3. The van der Waals surface area contributed by atoms with E-state index < -0.39 is 0 Å². The summed E-state index contributed by atoms with van der Waals surface area (Å²) in [5.74, 6) is -0.00262. The van der Waals surface area contributed by atoms with Crippen molar-refractivity contribution in [2.45, 2.75) is 0 Å². The lowest BCUT2D eigenvalue weighted by molar-refractivity contribution is 0.878. The highest BCUT2D eigenvalue weighted by Gasteiger charge is 2.09. The van der Waals surface area contributed by atoms with Crippen LogP contribution in [0.15, 0.2) is 30.6 Å². The van der Waals surface area contributed by atoms with Gasteiger partial charge in [0.05, 0.1) is 15.5 Å². The standard InChI is InChI=1S/C10H8ClIN4/c11-6-1-2-8(10(13)14)9(3-6)16-5-7(12)4-15-16/h1-5H,(H3,13,14). The fourth-order valence-corrected chi connectivity index (χ4v) is 1.91. The fourth-order valence-electron chi connectivity index (χ4n) is 1.35. The number of aromatic nitrogens is 2. The normalized spacial score (nSPS) is 10.4. The van der Waals surface area contributed by atoms with E-state index in [4.69, 9.17) is 22.7 Å². The highest BCUT2D eigenvalue weighted by Crippen LogP contribution is 2.20. The number of amidine groups is 1. The molecule has 0 amide bonds. The molecule has 0 saturated carbocycles. The molecule has 4 nitrogen and oxygen atoms in total. The maximum absolute atomic E-state index is 7.49. The zero-order valence-corrected chi connectivity index (χ0v) is 11.0. The summed E-state index contributed by atoms with van der Waals surface area (Å²) < 4.78 is 2.66. The monoisotopic (exact) mass is 346 g/mol. The molecule has 0 aliphatic rings. The van der Waals surface area contributed by atoms with Crippen LogP contribution in [-0.2, 0) is 0 Å². The molecule has 0 unspecified atom stereocenters. The quantitative estimate of drug-likeness (QED) is 0.498. The highest BCUT2D eigenvalue weighted by atomic mass is 127. The molecule has 6 heteroatoms. The van der Waals surface area contributed by atoms with Gasteiger partial charge >= 0.3 is 0 Å². The predicted molar refractivity (Wildman–Crippen MR) is 72.3 cm³/mol. The maximum Gasteiger partial charge on any atom is 0.124 e. The van der Waals surface area contributed by atoms with Gasteiger partial charge in [0.2, 0.25) is 0 Å². The third-order valence-electron chi connectivity index (χ3n) is 2.05. The van der Waals surface area contributed by atoms with Crippen LogP contribution in [0.1, 0.15) is 5.56 Å². The number of halogens is 2. The summed E-state index contributed by atoms with van der Waals surface area (Å²) in [6.45, 7) is 0. The SMILES string of the molecule is N=C(N)c1ccc(Cl)cc1-n1cc(I)cn1. The van der Waals surface area contributed by atoms with Gasteiger partial charge in [-0.2, -0.15) is 5.10 Å². The molecule has 0 aliphatic heterocycles. The van der Waals surface area contributed by atoms with E-state index in [1.54, 1.807) is 29.1 Å². The summed E-state index contributed by atoms with van der Waals surface area (Å²) in [5.41, 5.74) is 6.83. The minimum Gasteiger partial charge on any atom is -0.384 e. The Morgan fingerprint density at radius 1 is 1.50 bits per heavy atom. The van der Waals surface area contributed by atoms with E-state index in [1.165, 1.54) is 0 Å². The van der Waals surface area contributed by atoms with Gasteiger partial charge in [-0.3, -0.25) is 5.41 Å². The van der Waals surface area contributed by atoms with E-state index in [0.29, 0.717) is 16.3 Å². The van der Waals surface area contributed by atoms with Gasteiger partial charge in [-0.1, -0.05) is 11.6 Å². The van der Waals surface area contributed by atoms with Crippen LogP contribution in [0.4, 0.5) is 0 Å². The lowest BCUT2D eigenvalue weighted by atomic mass is 10.1. The number of benzene rings is 1. The Bertz CT molecular complexity index is 550. The Kier molecular flexibility index (Phi) is 3.15. The van der Waals surface area contributed by atoms with Crippen LogP contribution in [0, 0.1) is 8.98 Å². The number of hydrogen-bond acceptors (Lipinski definition) is 2. The molecular weight excluding hydrogens is 338 g/mol. The van der Waals surface area contributed by atoms with Crippen LogP contribution in [0.2, 0.25) is 5.02 Å². The summed E-state index contributed by atoms with van der Waals surface area (Å²) in [6.07, 6.45) is 3.57. The molecule has 0 aliphatic carbocycles. The van der Waals surface area contributed by atoms with Gasteiger partial charge in [-0.15, -0.1) is 0 Å². The largest absolute Gasteiger partial charge is 0.384 e. The first-order chi connectivity index (χ1) is 7.58. The van der Waals surface area contributed by atoms with Crippen LogP contribution < -0.4 is 5.73 Å². The maximum atomic E-state index is 7.49. The van der Waals surface area contributed by atoms with Gasteiger partial charge in [0.25, 0.3) is 0 Å². The number of nitrogen functional groups attached to an aromatic ring is 1. The average Bonchev–Trinajstić information content (AvgIpc) is 2.64. The van der Waals surface area contributed by atoms with E-state index in [9.17, 15) is 0 Å². The molecule has 0 saturated heterocycles. The van der Waals surface area contributed by atoms with Crippen molar-refractivity contribution in [1.82, 2.24) is 9.78 Å². The molecule has 1 aromatic heterocycles. The van der Waals surface area contributed by atoms with E-state index in [-0.39, 0.29) is 5.84 Å². The lowest BCUT2D eigenvalue weighted by Crippen LogP contribution is -2.14. The van der Waals surface area contributed by atoms with E-state index in [0.717, 1.165) is 3.57 Å². The smallest absolute Gasteiger partial charge is 0.124 e. The zero-order valence-electron chi connectivity index (χ0n) is 8.11. The summed E-state index contributed by atoms with van der Waals surface area (Å²) >= 11 is 8.09. The number of nitrogens with two attached hydrogens (primary N) is 1. The first-order valence-electron chi connectivity index (χ1n) is 4.42. The topological polar surface area (TPSA) is 67.7 Å². The fraction of sp³-hybridized carbons (Fsp3) is 0. The van der Waals surface area contributed by atoms with E-state index in [1.807, 2.05) is 6.20 Å². The average molecular weight is 347 g/mol. The molecule has 16 heavy (non-hydrogen) atoms. The van der Waals surface area contributed by atoms with Crippen molar-refractivity contribution in [3.05, 3.63) is 44.7 Å². The Morgan fingerprint density at radius 3 is 2.81 bits per heavy atom. The summed E-state index contributed by atoms with van der Waals surface area (Å²) in [7, 11) is 0. The molecule has 0 bridgehead atoms. The second kappa shape index (κ2) is 4.42. The Labute approximate surface area is 111 Å². The molecule has 0 spiro atoms. The first-order valence-corrected chi connectivity index (χ1v) is 5.88. The first kappa shape index (κ1) is 11.4. The van der Waals surface area contributed by atoms with Gasteiger partial charge in [0.15, 0.2) is 0 Å². The Morgan fingerprint density at radius 2 is 2.25 bits per heavy atom. The number of nitrogens with one attached hydrogen (secondary N) is 1. The van der Waals surface area contributed by atoms with E-state index >= 15 is 0 Å². The minimum atomic E-state index is -0.00262. The second-order valence-electron chi connectivity index (χ2n) is 3.18. The summed E-state index contributed by atoms with van der Waals surface area (Å²) in [6, 6.07) is 5.16. The van der Waals surface area contributed by atoms with Crippen molar-refractivity contribution in [2.24, 2.45) is 5.73 Å². The van der Waals surface area contributed by atoms with Gasteiger partial charge in [0.1, 0.15) is 5.84 Å². The van der Waals surface area contributed by atoms with Crippen molar-refractivity contribution in [3.63, 3.8) is 0 Å². The second-order valence-corrected chi connectivity index (χ2v) is 4.86. The molecule has 2 aromatic rings. The molecule has 82 valence electrons. The molecule has 1 aromatic carbocycles. The third-order valence-corrected chi connectivity index (χ3v) is 2.84. The molecule has 3 N–H and O–H groups in total. The predicted octanol–water partition coefficient (Wildman–Crippen LogP) is 2.41. The molecule has 1 heterocycles. The number of hydrogen-bond donors (Lipinski definition) is 2. The van der Waals surface area contributed by atoms with Crippen LogP contribution in [0.5, 0.6) is 0 Å². The van der Waals surface area contributed by atoms with Crippen molar-refractivity contribution < 1.29 is 0 Å². The van der Waals surface area contributed by atoms with Crippen molar-refractivity contribution >= 4 is 40.0 Å². The highest BCUT2D eigenvalue weighted by molar-refractivity contribution is 14.1. The van der Waals surface area contributed by atoms with Gasteiger partial charge in [-0.25, -0.2) is 4.68 Å². The molecular formula is C10H8ClIN4. The van der Waals surface area contributed by atoms with Gasteiger partial charge in [-0.05, 0) is 40.8 Å². The molecule has 0 atom stereocenters.